The molecule has 0 bridgehead atoms. The highest BCUT2D eigenvalue weighted by molar-refractivity contribution is 9.10. The van der Waals surface area contributed by atoms with Crippen molar-refractivity contribution in [2.45, 2.75) is 44.6 Å². The van der Waals surface area contributed by atoms with Gasteiger partial charge in [0.2, 0.25) is 0 Å². The van der Waals surface area contributed by atoms with Crippen LogP contribution in [0.2, 0.25) is 0 Å². The Labute approximate surface area is 139 Å². The zero-order valence-corrected chi connectivity index (χ0v) is 14.8. The van der Waals surface area contributed by atoms with E-state index in [1.54, 1.807) is 10.4 Å². The fraction of sp³-hybridized carbons (Fsp3) is 0.444. The van der Waals surface area contributed by atoms with Crippen molar-refractivity contribution in [1.29, 1.82) is 0 Å². The van der Waals surface area contributed by atoms with Crippen molar-refractivity contribution in [2.24, 2.45) is 0 Å². The second-order valence-electron chi connectivity index (χ2n) is 5.79. The molecule has 21 heavy (non-hydrogen) atoms. The normalized spacial score (nSPS) is 19.2. The van der Waals surface area contributed by atoms with Crippen LogP contribution in [0.4, 0.5) is 0 Å². The van der Waals surface area contributed by atoms with Crippen LogP contribution in [0.1, 0.15) is 41.7 Å². The van der Waals surface area contributed by atoms with Gasteiger partial charge in [0, 0.05) is 21.3 Å². The highest BCUT2D eigenvalue weighted by atomic mass is 79.9. The minimum atomic E-state index is 0.546. The average Bonchev–Trinajstić information content (AvgIpc) is 2.97. The third-order valence-electron chi connectivity index (χ3n) is 4.42. The topological polar surface area (TPSA) is 12.0 Å². The van der Waals surface area contributed by atoms with Crippen LogP contribution in [0.15, 0.2) is 40.2 Å². The summed E-state index contributed by atoms with van der Waals surface area (Å²) in [5.41, 5.74) is 3.03. The molecule has 1 aromatic heterocycles. The monoisotopic (exact) mass is 363 g/mol. The van der Waals surface area contributed by atoms with Crippen molar-refractivity contribution < 1.29 is 0 Å². The summed E-state index contributed by atoms with van der Waals surface area (Å²) in [6, 6.07) is 11.7. The van der Waals surface area contributed by atoms with Crippen LogP contribution < -0.4 is 5.32 Å². The Hall–Kier alpha value is -0.640. The molecular weight excluding hydrogens is 342 g/mol. The summed E-state index contributed by atoms with van der Waals surface area (Å²) < 4.78 is 1.16. The Balaban J connectivity index is 1.80. The van der Waals surface area contributed by atoms with Gasteiger partial charge in [-0.25, -0.2) is 0 Å². The number of halogens is 1. The van der Waals surface area contributed by atoms with Crippen LogP contribution in [-0.4, -0.2) is 12.6 Å². The van der Waals surface area contributed by atoms with Crippen molar-refractivity contribution in [3.63, 3.8) is 0 Å². The van der Waals surface area contributed by atoms with Crippen LogP contribution >= 0.6 is 27.3 Å². The van der Waals surface area contributed by atoms with Gasteiger partial charge in [0.15, 0.2) is 0 Å². The zero-order chi connectivity index (χ0) is 14.7. The Bertz CT molecular complexity index is 575. The first-order chi connectivity index (χ1) is 10.3. The second kappa shape index (κ2) is 7.08. The molecule has 0 radical (unpaired) electrons. The van der Waals surface area contributed by atoms with Gasteiger partial charge in [-0.15, -0.1) is 11.3 Å². The largest absolute Gasteiger partial charge is 0.313 e. The molecule has 0 spiro atoms. The predicted molar refractivity (Wildman–Crippen MR) is 95.3 cm³/mol. The SMILES string of the molecule is CCNC(Cc1ccc(Br)cc1)C1CCCc2sccc21. The quantitative estimate of drug-likeness (QED) is 0.774. The number of thiophene rings is 1. The third-order valence-corrected chi connectivity index (χ3v) is 5.94. The smallest absolute Gasteiger partial charge is 0.0176 e. The van der Waals surface area contributed by atoms with Crippen molar-refractivity contribution in [3.05, 3.63) is 56.2 Å². The summed E-state index contributed by atoms with van der Waals surface area (Å²) in [6.07, 6.45) is 5.04. The van der Waals surface area contributed by atoms with Gasteiger partial charge < -0.3 is 5.32 Å². The lowest BCUT2D eigenvalue weighted by Crippen LogP contribution is -2.37. The number of hydrogen-bond donors (Lipinski definition) is 1. The molecule has 2 atom stereocenters. The number of aryl methyl sites for hydroxylation is 1. The summed E-state index contributed by atoms with van der Waals surface area (Å²) in [7, 11) is 0. The molecule has 1 aliphatic rings. The first-order valence-corrected chi connectivity index (χ1v) is 9.49. The van der Waals surface area contributed by atoms with Crippen LogP contribution in [0.5, 0.6) is 0 Å². The maximum Gasteiger partial charge on any atom is 0.0176 e. The Morgan fingerprint density at radius 2 is 2.10 bits per heavy atom. The number of rotatable bonds is 5. The molecule has 1 aromatic carbocycles. The van der Waals surface area contributed by atoms with Gasteiger partial charge in [0.1, 0.15) is 0 Å². The summed E-state index contributed by atoms with van der Waals surface area (Å²) in [4.78, 5) is 1.62. The Morgan fingerprint density at radius 1 is 1.29 bits per heavy atom. The molecule has 1 nitrogen and oxygen atoms in total. The number of nitrogens with one attached hydrogen (secondary N) is 1. The Kier molecular flexibility index (Phi) is 5.15. The van der Waals surface area contributed by atoms with Crippen LogP contribution in [0, 0.1) is 0 Å². The fourth-order valence-electron chi connectivity index (χ4n) is 3.43. The average molecular weight is 364 g/mol. The highest BCUT2D eigenvalue weighted by Crippen LogP contribution is 2.37. The minimum absolute atomic E-state index is 0.546. The molecular formula is C18H22BrNS. The van der Waals surface area contributed by atoms with Crippen molar-refractivity contribution in [2.75, 3.05) is 6.54 Å². The molecule has 2 aromatic rings. The summed E-state index contributed by atoms with van der Waals surface area (Å²) >= 11 is 5.46. The molecule has 0 saturated carbocycles. The summed E-state index contributed by atoms with van der Waals surface area (Å²) in [5.74, 6) is 0.670. The molecule has 1 aliphatic carbocycles. The molecule has 3 heteroatoms. The zero-order valence-electron chi connectivity index (χ0n) is 12.4. The predicted octanol–water partition coefficient (Wildman–Crippen LogP) is 5.15. The lowest BCUT2D eigenvalue weighted by Gasteiger charge is -2.31. The van der Waals surface area contributed by atoms with Crippen molar-refractivity contribution in [3.8, 4) is 0 Å². The summed E-state index contributed by atoms with van der Waals surface area (Å²) in [5, 5.41) is 6.01. The molecule has 0 saturated heterocycles. The number of hydrogen-bond acceptors (Lipinski definition) is 2. The number of fused-ring (bicyclic) bond motifs is 1. The maximum absolute atomic E-state index is 3.74. The Morgan fingerprint density at radius 3 is 2.86 bits per heavy atom. The molecule has 1 heterocycles. The second-order valence-corrected chi connectivity index (χ2v) is 7.71. The van der Waals surface area contributed by atoms with Crippen LogP contribution in [0.25, 0.3) is 0 Å². The molecule has 0 fully saturated rings. The minimum Gasteiger partial charge on any atom is -0.313 e. The van der Waals surface area contributed by atoms with E-state index in [4.69, 9.17) is 0 Å². The van der Waals surface area contributed by atoms with E-state index in [0.717, 1.165) is 17.4 Å². The van der Waals surface area contributed by atoms with E-state index in [1.807, 2.05) is 11.3 Å². The number of likely N-dealkylation sites (N-methyl/N-ethyl adjacent to an activating group) is 1. The lowest BCUT2D eigenvalue weighted by atomic mass is 9.80. The van der Waals surface area contributed by atoms with Crippen LogP contribution in [0.3, 0.4) is 0 Å². The summed E-state index contributed by atoms with van der Waals surface area (Å²) in [6.45, 7) is 3.25. The van der Waals surface area contributed by atoms with Gasteiger partial charge in [0.05, 0.1) is 0 Å². The van der Waals surface area contributed by atoms with E-state index in [9.17, 15) is 0 Å². The van der Waals surface area contributed by atoms with Gasteiger partial charge in [-0.3, -0.25) is 0 Å². The molecule has 0 aliphatic heterocycles. The van der Waals surface area contributed by atoms with E-state index in [-0.39, 0.29) is 0 Å². The van der Waals surface area contributed by atoms with E-state index in [1.165, 1.54) is 24.8 Å². The fourth-order valence-corrected chi connectivity index (χ4v) is 4.69. The molecule has 1 N–H and O–H groups in total. The molecule has 3 rings (SSSR count). The number of benzene rings is 1. The van der Waals surface area contributed by atoms with Crippen LogP contribution in [-0.2, 0) is 12.8 Å². The third kappa shape index (κ3) is 3.58. The van der Waals surface area contributed by atoms with E-state index >= 15 is 0 Å². The molecule has 0 amide bonds. The maximum atomic E-state index is 3.74. The van der Waals surface area contributed by atoms with Gasteiger partial charge in [-0.1, -0.05) is 35.0 Å². The first kappa shape index (κ1) is 15.3. The van der Waals surface area contributed by atoms with E-state index in [0.29, 0.717) is 12.0 Å². The van der Waals surface area contributed by atoms with E-state index < -0.39 is 0 Å². The van der Waals surface area contributed by atoms with Gasteiger partial charge in [-0.2, -0.15) is 0 Å². The van der Waals surface area contributed by atoms with Gasteiger partial charge >= 0.3 is 0 Å². The molecule has 112 valence electrons. The van der Waals surface area contributed by atoms with Gasteiger partial charge in [-0.05, 0) is 66.9 Å². The first-order valence-electron chi connectivity index (χ1n) is 7.82. The highest BCUT2D eigenvalue weighted by Gasteiger charge is 2.28. The lowest BCUT2D eigenvalue weighted by molar-refractivity contribution is 0.398. The van der Waals surface area contributed by atoms with Crippen molar-refractivity contribution >= 4 is 27.3 Å². The molecule has 2 unspecified atom stereocenters. The standard InChI is InChI=1S/C18H22BrNS/c1-2-20-17(12-13-6-8-14(19)9-7-13)15-4-3-5-18-16(15)10-11-21-18/h6-11,15,17,20H,2-5,12H2,1H3. The van der Waals surface area contributed by atoms with E-state index in [2.05, 4.69) is 63.9 Å². The van der Waals surface area contributed by atoms with Crippen molar-refractivity contribution in [1.82, 2.24) is 5.32 Å². The van der Waals surface area contributed by atoms with Gasteiger partial charge in [0.25, 0.3) is 0 Å².